The molecule has 1 aromatic rings. The minimum atomic E-state index is -3.22. The number of sulfone groups is 1. The van der Waals surface area contributed by atoms with Crippen LogP contribution in [0.2, 0.25) is 26.6 Å². The fourth-order valence-electron chi connectivity index (χ4n) is 6.23. The van der Waals surface area contributed by atoms with Crippen molar-refractivity contribution in [2.75, 3.05) is 5.75 Å². The molecule has 224 valence electrons. The molecule has 0 saturated carbocycles. The molecule has 0 bridgehead atoms. The average molecular weight is 782 g/mol. The minimum absolute atomic E-state index is 0.353. The number of unbranched alkanes of at least 4 members (excludes halogenated alkanes) is 7. The van der Waals surface area contributed by atoms with Gasteiger partial charge in [0.05, 0.1) is 0 Å². The van der Waals surface area contributed by atoms with Gasteiger partial charge in [-0.1, -0.05) is 0 Å². The molecule has 0 amide bonds. The van der Waals surface area contributed by atoms with Crippen LogP contribution in [0.25, 0.3) is 0 Å². The van der Waals surface area contributed by atoms with E-state index in [1.807, 2.05) is 0 Å². The van der Waals surface area contributed by atoms with E-state index in [0.717, 1.165) is 17.7 Å². The molecule has 0 radical (unpaired) electrons. The van der Waals surface area contributed by atoms with E-state index in [1.54, 1.807) is 2.89 Å². The van der Waals surface area contributed by atoms with Gasteiger partial charge in [-0.05, 0) is 0 Å². The fraction of sp³-hybridized carbons (Fsp3) is 0.875. The van der Waals surface area contributed by atoms with E-state index >= 15 is 0 Å². The molecule has 0 fully saturated rings. The van der Waals surface area contributed by atoms with Gasteiger partial charge >= 0.3 is 254 Å². The molecule has 0 aliphatic rings. The van der Waals surface area contributed by atoms with Gasteiger partial charge in [0.1, 0.15) is 0 Å². The molecule has 0 aliphatic heterocycles. The van der Waals surface area contributed by atoms with Crippen molar-refractivity contribution in [3.63, 3.8) is 0 Å². The predicted molar refractivity (Wildman–Crippen MR) is 180 cm³/mol. The van der Waals surface area contributed by atoms with Crippen LogP contribution in [-0.2, 0) is 9.84 Å². The van der Waals surface area contributed by atoms with Gasteiger partial charge in [0, 0.05) is 0 Å². The molecule has 0 atom stereocenters. The second-order valence-electron chi connectivity index (χ2n) is 12.2. The van der Waals surface area contributed by atoms with Crippen LogP contribution in [0.1, 0.15) is 138 Å². The molecule has 38 heavy (non-hydrogen) atoms. The summed E-state index contributed by atoms with van der Waals surface area (Å²) in [5, 5.41) is 0. The van der Waals surface area contributed by atoms with E-state index in [2.05, 4.69) is 65.9 Å². The molecule has 6 heteroatoms. The van der Waals surface area contributed by atoms with Crippen molar-refractivity contribution in [2.45, 2.75) is 170 Å². The van der Waals surface area contributed by atoms with Gasteiger partial charge in [0.2, 0.25) is 0 Å². The van der Waals surface area contributed by atoms with E-state index in [9.17, 15) is 8.42 Å². The van der Waals surface area contributed by atoms with Gasteiger partial charge in [-0.25, -0.2) is 0 Å². The first-order chi connectivity index (χ1) is 18.3. The van der Waals surface area contributed by atoms with Crippen molar-refractivity contribution in [1.29, 1.82) is 0 Å². The second kappa shape index (κ2) is 20.2. The maximum atomic E-state index is 14.1. The molecule has 1 aromatic heterocycles. The first-order valence-electron chi connectivity index (χ1n) is 16.6. The molecule has 0 saturated heterocycles. The van der Waals surface area contributed by atoms with Crippen LogP contribution < -0.4 is 5.79 Å². The maximum absolute atomic E-state index is 14.1. The van der Waals surface area contributed by atoms with Gasteiger partial charge in [0.25, 0.3) is 0 Å². The Balaban J connectivity index is 3.97. The summed E-state index contributed by atoms with van der Waals surface area (Å²) in [7, 11) is -3.22. The molecule has 2 nitrogen and oxygen atoms in total. The Kier molecular flexibility index (Phi) is 19.8. The molecule has 1 rings (SSSR count). The Morgan fingerprint density at radius 2 is 0.895 bits per heavy atom. The summed E-state index contributed by atoms with van der Waals surface area (Å²) in [6, 6.07) is 2.39. The van der Waals surface area contributed by atoms with Crippen LogP contribution in [0.4, 0.5) is 0 Å². The first-order valence-corrected chi connectivity index (χ1v) is 34.1. The fourth-order valence-corrected chi connectivity index (χ4v) is 53.4. The van der Waals surface area contributed by atoms with E-state index in [4.69, 9.17) is 0 Å². The average Bonchev–Trinajstić information content (AvgIpc) is 3.39. The third-order valence-corrected chi connectivity index (χ3v) is 49.0. The van der Waals surface area contributed by atoms with Gasteiger partial charge in [0.15, 0.2) is 0 Å². The topological polar surface area (TPSA) is 34.1 Å². The number of rotatable bonds is 24. The Morgan fingerprint density at radius 3 is 1.24 bits per heavy atom. The van der Waals surface area contributed by atoms with Crippen LogP contribution in [0.5, 0.6) is 0 Å². The number of hydrogen-bond acceptors (Lipinski definition) is 3. The van der Waals surface area contributed by atoms with Crippen LogP contribution in [0, 0.1) is 0 Å². The van der Waals surface area contributed by atoms with Crippen molar-refractivity contribution < 1.29 is 8.42 Å². The van der Waals surface area contributed by atoms with Gasteiger partial charge in [-0.2, -0.15) is 0 Å². The Hall–Kier alpha value is 1.25. The molecular weight excluding hydrogens is 718 g/mol. The standard InChI is InChI=1S/C8H10O2S2.6C4H9.2Sn/c1-2-3-6-12(9,10)8-4-5-11-7-8;6*1-3-4-2;;/h4H,2-3,6H2,1H3;6*1,3-4H2,2H3;;. The summed E-state index contributed by atoms with van der Waals surface area (Å²) in [4.78, 5) is 0.885. The number of thiophene rings is 1. The zero-order chi connectivity index (χ0) is 28.5. The molecular formula is C32H64O2S2Sn2. The summed E-state index contributed by atoms with van der Waals surface area (Å²) >= 11 is -3.47. The van der Waals surface area contributed by atoms with E-state index in [1.165, 1.54) is 107 Å². The summed E-state index contributed by atoms with van der Waals surface area (Å²) in [5.74, 6) is 0.353. The molecule has 0 spiro atoms. The Labute approximate surface area is 251 Å². The van der Waals surface area contributed by atoms with E-state index in [-0.39, 0.29) is 0 Å². The Morgan fingerprint density at radius 1 is 0.553 bits per heavy atom. The SMILES string of the molecule is CCCCS(=O)(=O)c1c[c]([Sn]([CH2]CCC)([CH2]CCC)[CH2]CCC)s[c]1[Sn]([CH2]CCC)([CH2]CCC)[CH2]CCC. The van der Waals surface area contributed by atoms with Crippen molar-refractivity contribution >= 4 is 63.7 Å². The second-order valence-corrected chi connectivity index (χ2v) is 43.5. The van der Waals surface area contributed by atoms with Gasteiger partial charge < -0.3 is 0 Å². The van der Waals surface area contributed by atoms with Crippen molar-refractivity contribution in [3.8, 4) is 0 Å². The third kappa shape index (κ3) is 11.2. The monoisotopic (exact) mass is 784 g/mol. The van der Waals surface area contributed by atoms with Crippen LogP contribution in [0.3, 0.4) is 0 Å². The number of hydrogen-bond donors (Lipinski definition) is 0. The van der Waals surface area contributed by atoms with E-state index < -0.39 is 46.6 Å². The molecule has 0 N–H and O–H groups in total. The first kappa shape index (κ1) is 37.3. The van der Waals surface area contributed by atoms with Crippen LogP contribution in [0.15, 0.2) is 11.0 Å². The van der Waals surface area contributed by atoms with Crippen LogP contribution in [-0.4, -0.2) is 50.9 Å². The van der Waals surface area contributed by atoms with E-state index in [0.29, 0.717) is 5.75 Å². The molecule has 0 aliphatic carbocycles. The van der Waals surface area contributed by atoms with Gasteiger partial charge in [-0.15, -0.1) is 0 Å². The summed E-state index contributed by atoms with van der Waals surface area (Å²) in [5.41, 5.74) is 0. The van der Waals surface area contributed by atoms with Gasteiger partial charge in [-0.3, -0.25) is 0 Å². The Bertz CT molecular complexity index is 804. The third-order valence-electron chi connectivity index (χ3n) is 8.86. The molecule has 0 aromatic carbocycles. The van der Waals surface area contributed by atoms with Crippen LogP contribution >= 0.6 is 11.3 Å². The summed E-state index contributed by atoms with van der Waals surface area (Å²) in [6.07, 6.45) is 17.1. The predicted octanol–water partition coefficient (Wildman–Crippen LogP) is 10.4. The molecule has 1 heterocycles. The van der Waals surface area contributed by atoms with Crippen molar-refractivity contribution in [3.05, 3.63) is 6.07 Å². The normalized spacial score (nSPS) is 12.9. The van der Waals surface area contributed by atoms with Crippen molar-refractivity contribution in [2.24, 2.45) is 0 Å². The summed E-state index contributed by atoms with van der Waals surface area (Å²) in [6.45, 7) is 16.2. The zero-order valence-corrected chi connectivity index (χ0v) is 33.9. The summed E-state index contributed by atoms with van der Waals surface area (Å²) < 4.78 is 39.8. The zero-order valence-electron chi connectivity index (χ0n) is 26.6. The van der Waals surface area contributed by atoms with Crippen molar-refractivity contribution in [1.82, 2.24) is 0 Å². The quantitative estimate of drug-likeness (QED) is 0.0979. The molecule has 0 unspecified atom stereocenters.